The molecule has 0 spiro atoms. The minimum atomic E-state index is -0.503. The summed E-state index contributed by atoms with van der Waals surface area (Å²) in [5.41, 5.74) is -0.503. The number of aromatic nitrogens is 2. The molecule has 2 heterocycles. The van der Waals surface area contributed by atoms with E-state index in [2.05, 4.69) is 10.1 Å². The van der Waals surface area contributed by atoms with Crippen LogP contribution in [0.1, 0.15) is 63.6 Å². The van der Waals surface area contributed by atoms with Gasteiger partial charge in [-0.25, -0.2) is 4.79 Å². The highest BCUT2D eigenvalue weighted by atomic mass is 16.6. The van der Waals surface area contributed by atoms with Gasteiger partial charge in [-0.2, -0.15) is 4.98 Å². The van der Waals surface area contributed by atoms with Gasteiger partial charge in [-0.3, -0.25) is 0 Å². The minimum absolute atomic E-state index is 0.0564. The second-order valence-corrected chi connectivity index (χ2v) is 7.53. The Bertz CT molecular complexity index is 562. The Hall–Kier alpha value is -1.63. The third-order valence-electron chi connectivity index (χ3n) is 4.36. The number of hydrogen-bond donors (Lipinski definition) is 1. The Balaban J connectivity index is 1.62. The molecule has 1 saturated carbocycles. The molecule has 7 heteroatoms. The summed E-state index contributed by atoms with van der Waals surface area (Å²) in [5.74, 6) is 1.56. The van der Waals surface area contributed by atoms with Gasteiger partial charge in [0.25, 0.3) is 0 Å². The summed E-state index contributed by atoms with van der Waals surface area (Å²) < 4.78 is 10.8. The van der Waals surface area contributed by atoms with E-state index >= 15 is 0 Å². The number of amides is 1. The molecule has 1 aromatic rings. The van der Waals surface area contributed by atoms with E-state index in [0.717, 1.165) is 25.1 Å². The van der Waals surface area contributed by atoms with Crippen molar-refractivity contribution in [3.05, 3.63) is 11.7 Å². The molecule has 2 atom stereocenters. The Labute approximate surface area is 136 Å². The normalized spacial score (nSPS) is 23.1. The van der Waals surface area contributed by atoms with Gasteiger partial charge in [-0.15, -0.1) is 0 Å². The van der Waals surface area contributed by atoms with Crippen LogP contribution in [0.5, 0.6) is 0 Å². The van der Waals surface area contributed by atoms with Gasteiger partial charge in [-0.1, -0.05) is 5.16 Å². The van der Waals surface area contributed by atoms with Crippen molar-refractivity contribution in [1.29, 1.82) is 0 Å². The van der Waals surface area contributed by atoms with Crippen LogP contribution in [0.25, 0.3) is 0 Å². The van der Waals surface area contributed by atoms with Gasteiger partial charge < -0.3 is 19.3 Å². The maximum Gasteiger partial charge on any atom is 0.410 e. The van der Waals surface area contributed by atoms with Gasteiger partial charge in [0.05, 0.1) is 12.5 Å². The first-order valence-corrected chi connectivity index (χ1v) is 8.29. The molecule has 23 heavy (non-hydrogen) atoms. The van der Waals surface area contributed by atoms with E-state index in [1.54, 1.807) is 4.90 Å². The van der Waals surface area contributed by atoms with E-state index in [-0.39, 0.29) is 24.5 Å². The van der Waals surface area contributed by atoms with Crippen LogP contribution in [0, 0.1) is 5.92 Å². The van der Waals surface area contributed by atoms with Crippen LogP contribution in [-0.4, -0.2) is 51.5 Å². The number of hydrogen-bond acceptors (Lipinski definition) is 6. The highest BCUT2D eigenvalue weighted by Crippen LogP contribution is 2.39. The molecule has 1 aromatic heterocycles. The molecule has 2 aliphatic rings. The maximum atomic E-state index is 12.1. The van der Waals surface area contributed by atoms with E-state index in [9.17, 15) is 9.90 Å². The number of aliphatic hydroxyl groups is 1. The molecule has 7 nitrogen and oxygen atoms in total. The molecule has 128 valence electrons. The fourth-order valence-corrected chi connectivity index (χ4v) is 2.94. The van der Waals surface area contributed by atoms with Crippen LogP contribution >= 0.6 is 0 Å². The number of aliphatic hydroxyl groups excluding tert-OH is 1. The summed E-state index contributed by atoms with van der Waals surface area (Å²) in [5, 5.41) is 13.8. The summed E-state index contributed by atoms with van der Waals surface area (Å²) in [6.45, 7) is 6.67. The summed E-state index contributed by atoms with van der Waals surface area (Å²) >= 11 is 0. The van der Waals surface area contributed by atoms with Crippen molar-refractivity contribution in [3.63, 3.8) is 0 Å². The molecular formula is C16H25N3O4. The zero-order valence-corrected chi connectivity index (χ0v) is 14.0. The zero-order valence-electron chi connectivity index (χ0n) is 14.0. The van der Waals surface area contributed by atoms with Gasteiger partial charge in [0.1, 0.15) is 5.60 Å². The van der Waals surface area contributed by atoms with Crippen molar-refractivity contribution in [1.82, 2.24) is 15.0 Å². The standard InChI is InChI=1S/C16H25N3O4/c1-16(2,3)22-15(21)19-7-6-11(8-19)12(9-20)14-17-13(18-23-14)10-4-5-10/h10-12,20H,4-9H2,1-3H3. The van der Waals surface area contributed by atoms with Crippen LogP contribution in [0.4, 0.5) is 4.79 Å². The van der Waals surface area contributed by atoms with Crippen LogP contribution in [0.3, 0.4) is 0 Å². The lowest BCUT2D eigenvalue weighted by molar-refractivity contribution is 0.0282. The zero-order chi connectivity index (χ0) is 16.6. The largest absolute Gasteiger partial charge is 0.444 e. The Morgan fingerprint density at radius 2 is 2.17 bits per heavy atom. The van der Waals surface area contributed by atoms with Gasteiger partial charge in [0, 0.05) is 19.0 Å². The lowest BCUT2D eigenvalue weighted by Gasteiger charge is -2.25. The van der Waals surface area contributed by atoms with Crippen molar-refractivity contribution in [2.75, 3.05) is 19.7 Å². The van der Waals surface area contributed by atoms with Crippen molar-refractivity contribution in [2.24, 2.45) is 5.92 Å². The first kappa shape index (κ1) is 16.2. The number of ether oxygens (including phenoxy) is 1. The molecule has 0 radical (unpaired) electrons. The van der Waals surface area contributed by atoms with Crippen molar-refractivity contribution in [2.45, 2.75) is 57.5 Å². The van der Waals surface area contributed by atoms with Crippen molar-refractivity contribution < 1.29 is 19.2 Å². The molecule has 2 unspecified atom stereocenters. The summed E-state index contributed by atoms with van der Waals surface area (Å²) in [7, 11) is 0. The fourth-order valence-electron chi connectivity index (χ4n) is 2.94. The monoisotopic (exact) mass is 323 g/mol. The number of carbonyl (C=O) groups excluding carboxylic acids is 1. The molecule has 3 rings (SSSR count). The fraction of sp³-hybridized carbons (Fsp3) is 0.812. The van der Waals surface area contributed by atoms with E-state index < -0.39 is 5.60 Å². The lowest BCUT2D eigenvalue weighted by atomic mass is 9.92. The van der Waals surface area contributed by atoms with Gasteiger partial charge in [0.2, 0.25) is 5.89 Å². The number of rotatable bonds is 4. The maximum absolute atomic E-state index is 12.1. The Morgan fingerprint density at radius 1 is 1.43 bits per heavy atom. The lowest BCUT2D eigenvalue weighted by Crippen LogP contribution is -2.35. The van der Waals surface area contributed by atoms with E-state index in [4.69, 9.17) is 9.26 Å². The first-order chi connectivity index (χ1) is 10.9. The highest BCUT2D eigenvalue weighted by molar-refractivity contribution is 5.68. The predicted molar refractivity (Wildman–Crippen MR) is 82.0 cm³/mol. The van der Waals surface area contributed by atoms with Crippen molar-refractivity contribution in [3.8, 4) is 0 Å². The van der Waals surface area contributed by atoms with Gasteiger partial charge in [0.15, 0.2) is 5.82 Å². The number of likely N-dealkylation sites (tertiary alicyclic amines) is 1. The SMILES string of the molecule is CC(C)(C)OC(=O)N1CCC(C(CO)c2nc(C3CC3)no2)C1. The second kappa shape index (κ2) is 6.11. The van der Waals surface area contributed by atoms with Crippen LogP contribution in [0.2, 0.25) is 0 Å². The molecule has 1 saturated heterocycles. The summed E-state index contributed by atoms with van der Waals surface area (Å²) in [6.07, 6.45) is 2.71. The van der Waals surface area contributed by atoms with Crippen LogP contribution in [-0.2, 0) is 4.74 Å². The predicted octanol–water partition coefficient (Wildman–Crippen LogP) is 2.28. The molecule has 1 amide bonds. The van der Waals surface area contributed by atoms with E-state index in [0.29, 0.717) is 24.9 Å². The van der Waals surface area contributed by atoms with Crippen LogP contribution in [0.15, 0.2) is 4.52 Å². The van der Waals surface area contributed by atoms with Gasteiger partial charge >= 0.3 is 6.09 Å². The smallest absolute Gasteiger partial charge is 0.410 e. The summed E-state index contributed by atoms with van der Waals surface area (Å²) in [4.78, 5) is 18.3. The third kappa shape index (κ3) is 3.83. The van der Waals surface area contributed by atoms with Crippen molar-refractivity contribution >= 4 is 6.09 Å². The average molecular weight is 323 g/mol. The van der Waals surface area contributed by atoms with Crippen LogP contribution < -0.4 is 0 Å². The first-order valence-electron chi connectivity index (χ1n) is 8.29. The highest BCUT2D eigenvalue weighted by Gasteiger charge is 2.38. The summed E-state index contributed by atoms with van der Waals surface area (Å²) in [6, 6.07) is 0. The Morgan fingerprint density at radius 3 is 2.78 bits per heavy atom. The second-order valence-electron chi connectivity index (χ2n) is 7.53. The van der Waals surface area contributed by atoms with Gasteiger partial charge in [-0.05, 0) is 46.0 Å². The molecule has 0 aromatic carbocycles. The van der Waals surface area contributed by atoms with E-state index in [1.165, 1.54) is 0 Å². The quantitative estimate of drug-likeness (QED) is 0.914. The molecule has 2 fully saturated rings. The Kier molecular flexibility index (Phi) is 4.31. The topological polar surface area (TPSA) is 88.7 Å². The average Bonchev–Trinajstić information content (AvgIpc) is 3.00. The molecular weight excluding hydrogens is 298 g/mol. The molecule has 1 N–H and O–H groups in total. The molecule has 1 aliphatic carbocycles. The number of nitrogens with zero attached hydrogens (tertiary/aromatic N) is 3. The number of carbonyl (C=O) groups is 1. The minimum Gasteiger partial charge on any atom is -0.444 e. The molecule has 0 bridgehead atoms. The van der Waals surface area contributed by atoms with E-state index in [1.807, 2.05) is 20.8 Å². The third-order valence-corrected chi connectivity index (χ3v) is 4.36. The molecule has 1 aliphatic heterocycles.